The Kier molecular flexibility index (Phi) is 5.27. The van der Waals surface area contributed by atoms with E-state index in [9.17, 15) is 4.79 Å². The maximum atomic E-state index is 12.7. The van der Waals surface area contributed by atoms with E-state index in [0.29, 0.717) is 23.9 Å². The minimum atomic E-state index is 0.365. The summed E-state index contributed by atoms with van der Waals surface area (Å²) in [5.41, 5.74) is 0. The molecule has 4 heteroatoms. The predicted molar refractivity (Wildman–Crippen MR) is 93.8 cm³/mol. The number of nitrogens with zero attached hydrogens (tertiary/aromatic N) is 1. The first-order chi connectivity index (χ1) is 10.1. The number of carbonyl (C=O) groups excluding carboxylic acids is 1. The fraction of sp³-hybridized carbons (Fsp3) is 0.941. The van der Waals surface area contributed by atoms with Gasteiger partial charge in [-0.2, -0.15) is 0 Å². The molecule has 3 fully saturated rings. The van der Waals surface area contributed by atoms with Crippen molar-refractivity contribution in [3.63, 3.8) is 0 Å². The minimum absolute atomic E-state index is 0.365. The van der Waals surface area contributed by atoms with Crippen LogP contribution < -0.4 is 4.90 Å². The molecule has 0 bridgehead atoms. The molecule has 0 aromatic heterocycles. The number of fused-ring (bicyclic) bond motifs is 1. The molecule has 1 N–H and O–H groups in total. The molecule has 3 nitrogen and oxygen atoms in total. The molecule has 1 saturated carbocycles. The smallest absolute Gasteiger partial charge is 0.189 e. The number of hydrogen-bond acceptors (Lipinski definition) is 2. The molecular weight excluding hydrogens is 375 g/mol. The van der Waals surface area contributed by atoms with Gasteiger partial charge in [-0.05, 0) is 45.4 Å². The highest BCUT2D eigenvalue weighted by molar-refractivity contribution is 14.1. The Morgan fingerprint density at radius 3 is 2.62 bits per heavy atom. The van der Waals surface area contributed by atoms with Crippen molar-refractivity contribution in [3.05, 3.63) is 0 Å². The van der Waals surface area contributed by atoms with Crippen molar-refractivity contribution in [2.45, 2.75) is 68.5 Å². The zero-order valence-corrected chi connectivity index (χ0v) is 15.6. The summed E-state index contributed by atoms with van der Waals surface area (Å²) >= 11 is 2.55. The summed E-state index contributed by atoms with van der Waals surface area (Å²) in [6.07, 6.45) is 8.05. The second kappa shape index (κ2) is 6.83. The number of carbonyl (C=O) groups is 1. The number of halogens is 1. The molecule has 3 aliphatic rings. The quantitative estimate of drug-likeness (QED) is 0.573. The molecule has 0 spiro atoms. The first-order valence-electron chi connectivity index (χ1n) is 8.82. The van der Waals surface area contributed by atoms with Crippen LogP contribution in [0, 0.1) is 11.8 Å². The number of Topliss-reactive ketones (excluding diaryl/α,β-unsaturated/α-hetero) is 1. The Hall–Kier alpha value is 0.320. The highest BCUT2D eigenvalue weighted by Crippen LogP contribution is 2.29. The molecule has 4 unspecified atom stereocenters. The normalized spacial score (nSPS) is 44.5. The average molecular weight is 405 g/mol. The molecule has 2 heterocycles. The van der Waals surface area contributed by atoms with E-state index in [1.165, 1.54) is 38.8 Å². The topological polar surface area (TPSA) is 24.8 Å². The van der Waals surface area contributed by atoms with Crippen LogP contribution in [-0.4, -0.2) is 46.4 Å². The number of quaternary nitrogens is 1. The van der Waals surface area contributed by atoms with Gasteiger partial charge in [0.25, 0.3) is 0 Å². The number of nitrogens with one attached hydrogen (secondary N) is 1. The fourth-order valence-electron chi connectivity index (χ4n) is 4.84. The van der Waals surface area contributed by atoms with E-state index in [1.54, 1.807) is 4.90 Å². The second-order valence-corrected chi connectivity index (χ2v) is 9.39. The lowest BCUT2D eigenvalue weighted by atomic mass is 9.85. The van der Waals surface area contributed by atoms with Gasteiger partial charge in [0.15, 0.2) is 5.78 Å². The molecule has 2 aliphatic heterocycles. The number of ketones is 1. The highest BCUT2D eigenvalue weighted by atomic mass is 127. The monoisotopic (exact) mass is 405 g/mol. The van der Waals surface area contributed by atoms with Crippen molar-refractivity contribution < 1.29 is 9.69 Å². The number of hydrogen-bond donors (Lipinski definition) is 1. The van der Waals surface area contributed by atoms with Gasteiger partial charge in [0.05, 0.1) is 12.6 Å². The number of piperidine rings is 1. The Balaban J connectivity index is 1.61. The van der Waals surface area contributed by atoms with Gasteiger partial charge in [0.1, 0.15) is 12.7 Å². The van der Waals surface area contributed by atoms with Gasteiger partial charge in [0.2, 0.25) is 0 Å². The largest absolute Gasteiger partial charge is 0.310 e. The summed E-state index contributed by atoms with van der Waals surface area (Å²) in [6.45, 7) is 7.95. The van der Waals surface area contributed by atoms with E-state index in [2.05, 4.69) is 41.3 Å². The van der Waals surface area contributed by atoms with Crippen LogP contribution in [0.3, 0.4) is 0 Å². The van der Waals surface area contributed by atoms with Crippen LogP contribution in [0.25, 0.3) is 0 Å². The van der Waals surface area contributed by atoms with Crippen LogP contribution in [0.1, 0.15) is 52.4 Å². The number of alkyl halides is 1. The second-order valence-electron chi connectivity index (χ2n) is 7.63. The lowest BCUT2D eigenvalue weighted by Gasteiger charge is -2.36. The molecule has 0 amide bonds. The van der Waals surface area contributed by atoms with Crippen LogP contribution in [0.2, 0.25) is 0 Å². The number of rotatable bonds is 3. The highest BCUT2D eigenvalue weighted by Gasteiger charge is 2.46. The SMILES string of the molecule is CC1CCCN2CC(C)[NH+](CC(=O)C3CCC(I)CC3)C12. The lowest BCUT2D eigenvalue weighted by Crippen LogP contribution is -3.19. The molecule has 4 atom stereocenters. The minimum Gasteiger partial charge on any atom is -0.310 e. The van der Waals surface area contributed by atoms with Crippen molar-refractivity contribution in [2.24, 2.45) is 11.8 Å². The average Bonchev–Trinajstić information content (AvgIpc) is 2.77. The summed E-state index contributed by atoms with van der Waals surface area (Å²) in [4.78, 5) is 17.0. The first kappa shape index (κ1) is 16.2. The summed E-state index contributed by atoms with van der Waals surface area (Å²) in [5, 5.41) is 0. The van der Waals surface area contributed by atoms with Crippen LogP contribution in [0.5, 0.6) is 0 Å². The van der Waals surface area contributed by atoms with Gasteiger partial charge in [-0.3, -0.25) is 4.79 Å². The molecule has 21 heavy (non-hydrogen) atoms. The third kappa shape index (κ3) is 3.47. The zero-order chi connectivity index (χ0) is 15.0. The summed E-state index contributed by atoms with van der Waals surface area (Å²) < 4.78 is 0.804. The molecule has 2 saturated heterocycles. The van der Waals surface area contributed by atoms with E-state index < -0.39 is 0 Å². The van der Waals surface area contributed by atoms with Crippen molar-refractivity contribution in [1.29, 1.82) is 0 Å². The zero-order valence-electron chi connectivity index (χ0n) is 13.5. The van der Waals surface area contributed by atoms with Gasteiger partial charge >= 0.3 is 0 Å². The molecule has 0 aromatic carbocycles. The van der Waals surface area contributed by atoms with E-state index in [-0.39, 0.29) is 0 Å². The van der Waals surface area contributed by atoms with Crippen LogP contribution in [0.4, 0.5) is 0 Å². The molecule has 120 valence electrons. The standard InChI is InChI=1S/C17H29IN2O/c1-12-4-3-9-19-10-13(2)20(17(12)19)11-16(21)14-5-7-15(18)8-6-14/h12-15,17H,3-11H2,1-2H3/p+1. The van der Waals surface area contributed by atoms with Gasteiger partial charge in [-0.25, -0.2) is 4.90 Å². The van der Waals surface area contributed by atoms with Gasteiger partial charge < -0.3 is 4.90 Å². The third-order valence-electron chi connectivity index (χ3n) is 6.05. The predicted octanol–water partition coefficient (Wildman–Crippen LogP) is 1.89. The van der Waals surface area contributed by atoms with Crippen molar-refractivity contribution >= 4 is 28.4 Å². The maximum Gasteiger partial charge on any atom is 0.189 e. The Morgan fingerprint density at radius 1 is 1.19 bits per heavy atom. The van der Waals surface area contributed by atoms with Gasteiger partial charge in [-0.1, -0.05) is 29.5 Å². The van der Waals surface area contributed by atoms with Crippen molar-refractivity contribution in [1.82, 2.24) is 4.90 Å². The molecular formula is C17H30IN2O+. The Bertz CT molecular complexity index is 381. The maximum absolute atomic E-state index is 12.7. The summed E-state index contributed by atoms with van der Waals surface area (Å²) in [5.74, 6) is 1.67. The lowest BCUT2D eigenvalue weighted by molar-refractivity contribution is -0.936. The van der Waals surface area contributed by atoms with Gasteiger partial charge in [-0.15, -0.1) is 0 Å². The van der Waals surface area contributed by atoms with E-state index in [4.69, 9.17) is 0 Å². The van der Waals surface area contributed by atoms with E-state index in [0.717, 1.165) is 29.2 Å². The van der Waals surface area contributed by atoms with Crippen molar-refractivity contribution in [3.8, 4) is 0 Å². The first-order valence-corrected chi connectivity index (χ1v) is 10.1. The Morgan fingerprint density at radius 2 is 1.90 bits per heavy atom. The summed E-state index contributed by atoms with van der Waals surface area (Å²) in [7, 11) is 0. The summed E-state index contributed by atoms with van der Waals surface area (Å²) in [6, 6.07) is 0.625. The van der Waals surface area contributed by atoms with E-state index >= 15 is 0 Å². The molecule has 3 rings (SSSR count). The molecule has 1 aliphatic carbocycles. The van der Waals surface area contributed by atoms with Crippen LogP contribution in [-0.2, 0) is 4.79 Å². The molecule has 0 radical (unpaired) electrons. The fourth-order valence-corrected chi connectivity index (χ4v) is 5.56. The molecule has 0 aromatic rings. The van der Waals surface area contributed by atoms with Gasteiger partial charge in [0, 0.05) is 22.3 Å². The van der Waals surface area contributed by atoms with Crippen LogP contribution >= 0.6 is 22.6 Å². The van der Waals surface area contributed by atoms with Crippen LogP contribution in [0.15, 0.2) is 0 Å². The third-order valence-corrected chi connectivity index (χ3v) is 7.29. The van der Waals surface area contributed by atoms with Crippen molar-refractivity contribution in [2.75, 3.05) is 19.6 Å². The Labute approximate surface area is 143 Å². The van der Waals surface area contributed by atoms with E-state index in [1.807, 2.05) is 0 Å².